The zero-order valence-electron chi connectivity index (χ0n) is 11.2. The highest BCUT2D eigenvalue weighted by Crippen LogP contribution is 2.18. The number of aryl methyl sites for hydroxylation is 1. The van der Waals surface area contributed by atoms with Gasteiger partial charge in [-0.3, -0.25) is 0 Å². The zero-order chi connectivity index (χ0) is 13.0. The van der Waals surface area contributed by atoms with Crippen LogP contribution < -0.4 is 10.6 Å². The molecule has 1 aliphatic carbocycles. The number of guanidine groups is 1. The third-order valence-corrected chi connectivity index (χ3v) is 2.84. The Morgan fingerprint density at radius 3 is 2.79 bits per heavy atom. The summed E-state index contributed by atoms with van der Waals surface area (Å²) in [6, 6.07) is 0.537. The minimum atomic E-state index is 0. The molecule has 1 saturated carbocycles. The molecule has 0 bridgehead atoms. The molecule has 0 unspecified atom stereocenters. The Morgan fingerprint density at radius 1 is 1.53 bits per heavy atom. The van der Waals surface area contributed by atoms with Gasteiger partial charge in [-0.05, 0) is 19.8 Å². The second kappa shape index (κ2) is 7.33. The first kappa shape index (κ1) is 15.8. The molecule has 0 aromatic carbocycles. The first-order valence-electron chi connectivity index (χ1n) is 6.04. The van der Waals surface area contributed by atoms with E-state index in [1.54, 1.807) is 0 Å². The van der Waals surface area contributed by atoms with Crippen LogP contribution >= 0.6 is 24.0 Å². The van der Waals surface area contributed by atoms with Gasteiger partial charge in [0.15, 0.2) is 11.8 Å². The monoisotopic (exact) mass is 374 g/mol. The fourth-order valence-electron chi connectivity index (χ4n) is 1.45. The van der Waals surface area contributed by atoms with Gasteiger partial charge in [0.1, 0.15) is 12.4 Å². The van der Waals surface area contributed by atoms with Crippen molar-refractivity contribution < 1.29 is 0 Å². The lowest BCUT2D eigenvalue weighted by atomic mass is 10.5. The number of hydrogen-bond donors (Lipinski definition) is 2. The van der Waals surface area contributed by atoms with Crippen molar-refractivity contribution in [1.29, 1.82) is 0 Å². The maximum Gasteiger partial charge on any atom is 0.192 e. The number of aliphatic imine (C=N–C) groups is 1. The predicted molar refractivity (Wildman–Crippen MR) is 85.3 cm³/mol. The van der Waals surface area contributed by atoms with E-state index >= 15 is 0 Å². The number of aromatic nitrogens is 3. The normalized spacial score (nSPS) is 14.5. The van der Waals surface area contributed by atoms with Crippen molar-refractivity contribution in [3.8, 4) is 12.3 Å². The zero-order valence-corrected chi connectivity index (χ0v) is 13.5. The van der Waals surface area contributed by atoms with Crippen LogP contribution in [-0.2, 0) is 13.6 Å². The molecule has 1 aromatic heterocycles. The minimum absolute atomic E-state index is 0. The number of halogens is 1. The van der Waals surface area contributed by atoms with E-state index in [0.29, 0.717) is 19.1 Å². The van der Waals surface area contributed by atoms with Crippen LogP contribution in [0.2, 0.25) is 0 Å². The molecule has 1 heterocycles. The van der Waals surface area contributed by atoms with Gasteiger partial charge in [0, 0.05) is 13.1 Å². The summed E-state index contributed by atoms with van der Waals surface area (Å²) < 4.78 is 1.93. The third kappa shape index (κ3) is 4.70. The van der Waals surface area contributed by atoms with Crippen LogP contribution in [0.25, 0.3) is 0 Å². The molecule has 0 atom stereocenters. The van der Waals surface area contributed by atoms with Crippen molar-refractivity contribution in [2.45, 2.75) is 32.4 Å². The Labute approximate surface area is 130 Å². The average Bonchev–Trinajstić information content (AvgIpc) is 3.12. The SMILES string of the molecule is C#CCNC(=NCc1nnc(C)n1C)NC1CC1.I. The van der Waals surface area contributed by atoms with E-state index in [-0.39, 0.29) is 24.0 Å². The smallest absolute Gasteiger partial charge is 0.192 e. The lowest BCUT2D eigenvalue weighted by molar-refractivity contribution is 0.759. The van der Waals surface area contributed by atoms with Gasteiger partial charge >= 0.3 is 0 Å². The highest BCUT2D eigenvalue weighted by molar-refractivity contribution is 14.0. The molecule has 1 aromatic rings. The first-order valence-corrected chi connectivity index (χ1v) is 6.04. The quantitative estimate of drug-likeness (QED) is 0.350. The van der Waals surface area contributed by atoms with Crippen LogP contribution in [-0.4, -0.2) is 33.3 Å². The van der Waals surface area contributed by atoms with E-state index in [9.17, 15) is 0 Å². The summed E-state index contributed by atoms with van der Waals surface area (Å²) in [5.41, 5.74) is 0. The topological polar surface area (TPSA) is 67.1 Å². The maximum atomic E-state index is 5.24. The molecule has 2 rings (SSSR count). The number of rotatable bonds is 4. The molecule has 1 fully saturated rings. The summed E-state index contributed by atoms with van der Waals surface area (Å²) in [6.45, 7) is 2.88. The van der Waals surface area contributed by atoms with Crippen LogP contribution in [0.15, 0.2) is 4.99 Å². The van der Waals surface area contributed by atoms with Gasteiger partial charge in [-0.1, -0.05) is 5.92 Å². The maximum absolute atomic E-state index is 5.24. The van der Waals surface area contributed by atoms with E-state index in [4.69, 9.17) is 6.42 Å². The van der Waals surface area contributed by atoms with Crippen LogP contribution in [0.1, 0.15) is 24.5 Å². The van der Waals surface area contributed by atoms with Gasteiger partial charge in [0.05, 0.1) is 6.54 Å². The Morgan fingerprint density at radius 2 is 2.26 bits per heavy atom. The molecular formula is C12H19IN6. The van der Waals surface area contributed by atoms with Gasteiger partial charge < -0.3 is 15.2 Å². The second-order valence-electron chi connectivity index (χ2n) is 4.36. The van der Waals surface area contributed by atoms with Crippen LogP contribution in [0, 0.1) is 19.3 Å². The van der Waals surface area contributed by atoms with E-state index < -0.39 is 0 Å². The number of nitrogens with one attached hydrogen (secondary N) is 2. The van der Waals surface area contributed by atoms with Gasteiger partial charge in [-0.25, -0.2) is 4.99 Å². The van der Waals surface area contributed by atoms with E-state index in [2.05, 4.69) is 31.7 Å². The Kier molecular flexibility index (Phi) is 6.08. The summed E-state index contributed by atoms with van der Waals surface area (Å²) in [5.74, 6) is 5.01. The van der Waals surface area contributed by atoms with Gasteiger partial charge in [-0.15, -0.1) is 40.6 Å². The molecule has 0 radical (unpaired) electrons. The molecule has 0 amide bonds. The highest BCUT2D eigenvalue weighted by Gasteiger charge is 2.22. The third-order valence-electron chi connectivity index (χ3n) is 2.84. The van der Waals surface area contributed by atoms with Crippen molar-refractivity contribution >= 4 is 29.9 Å². The summed E-state index contributed by atoms with van der Waals surface area (Å²) in [5, 5.41) is 14.5. The van der Waals surface area contributed by atoms with Gasteiger partial charge in [-0.2, -0.15) is 0 Å². The molecule has 0 aliphatic heterocycles. The van der Waals surface area contributed by atoms with Gasteiger partial charge in [0.2, 0.25) is 0 Å². The van der Waals surface area contributed by atoms with Crippen LogP contribution in [0.4, 0.5) is 0 Å². The Bertz CT molecular complexity index is 483. The molecular weight excluding hydrogens is 355 g/mol. The van der Waals surface area contributed by atoms with Crippen molar-refractivity contribution in [3.05, 3.63) is 11.6 Å². The molecule has 19 heavy (non-hydrogen) atoms. The summed E-state index contributed by atoms with van der Waals surface area (Å²) >= 11 is 0. The molecule has 0 saturated heterocycles. The van der Waals surface area contributed by atoms with E-state index in [1.807, 2.05) is 18.5 Å². The minimum Gasteiger partial charge on any atom is -0.354 e. The van der Waals surface area contributed by atoms with Crippen LogP contribution in [0.3, 0.4) is 0 Å². The van der Waals surface area contributed by atoms with Crippen LogP contribution in [0.5, 0.6) is 0 Å². The number of hydrogen-bond acceptors (Lipinski definition) is 3. The largest absolute Gasteiger partial charge is 0.354 e. The standard InChI is InChI=1S/C12H18N6.HI/c1-4-7-13-12(15-10-5-6-10)14-8-11-17-16-9(2)18(11)3;/h1,10H,5-8H2,2-3H3,(H2,13,14,15);1H. The summed E-state index contributed by atoms with van der Waals surface area (Å²) in [7, 11) is 1.93. The predicted octanol–water partition coefficient (Wildman–Crippen LogP) is 0.572. The Hall–Kier alpha value is -1.30. The molecule has 104 valence electrons. The molecule has 2 N–H and O–H groups in total. The van der Waals surface area contributed by atoms with Crippen molar-refractivity contribution in [2.24, 2.45) is 12.0 Å². The lowest BCUT2D eigenvalue weighted by Crippen LogP contribution is -2.38. The van der Waals surface area contributed by atoms with E-state index in [1.165, 1.54) is 12.8 Å². The first-order chi connectivity index (χ1) is 8.70. The fourth-order valence-corrected chi connectivity index (χ4v) is 1.45. The summed E-state index contributed by atoms with van der Waals surface area (Å²) in [4.78, 5) is 4.46. The molecule has 0 spiro atoms. The highest BCUT2D eigenvalue weighted by atomic mass is 127. The fraction of sp³-hybridized carbons (Fsp3) is 0.583. The average molecular weight is 374 g/mol. The van der Waals surface area contributed by atoms with Crippen molar-refractivity contribution in [3.63, 3.8) is 0 Å². The van der Waals surface area contributed by atoms with E-state index in [0.717, 1.165) is 17.6 Å². The Balaban J connectivity index is 0.00000180. The molecule has 1 aliphatic rings. The number of nitrogens with zero attached hydrogens (tertiary/aromatic N) is 4. The van der Waals surface area contributed by atoms with Crippen molar-refractivity contribution in [1.82, 2.24) is 25.4 Å². The lowest BCUT2D eigenvalue weighted by Gasteiger charge is -2.09. The molecule has 7 heteroatoms. The number of terminal acetylenes is 1. The molecule has 6 nitrogen and oxygen atoms in total. The summed E-state index contributed by atoms with van der Waals surface area (Å²) in [6.07, 6.45) is 7.62. The van der Waals surface area contributed by atoms with Crippen molar-refractivity contribution in [2.75, 3.05) is 6.54 Å². The second-order valence-corrected chi connectivity index (χ2v) is 4.36. The van der Waals surface area contributed by atoms with Gasteiger partial charge in [0.25, 0.3) is 0 Å².